The smallest absolute Gasteiger partial charge is 0.176 e. The zero-order valence-corrected chi connectivity index (χ0v) is 9.21. The van der Waals surface area contributed by atoms with Crippen molar-refractivity contribution in [2.75, 3.05) is 5.75 Å². The summed E-state index contributed by atoms with van der Waals surface area (Å²) in [5.74, 6) is 1.50. The zero-order chi connectivity index (χ0) is 9.26. The molecule has 0 aromatic carbocycles. The van der Waals surface area contributed by atoms with E-state index in [0.717, 1.165) is 22.6 Å². The molecule has 0 aliphatic carbocycles. The van der Waals surface area contributed by atoms with Crippen LogP contribution < -0.4 is 0 Å². The second-order valence-corrected chi connectivity index (χ2v) is 5.69. The molecule has 1 atom stereocenters. The summed E-state index contributed by atoms with van der Waals surface area (Å²) in [4.78, 5) is 13.1. The minimum Gasteiger partial charge on any atom is -0.293 e. The SMILES string of the molecule is Cc1sccc1C(=O)C1CCCS1. The normalized spacial score (nSPS) is 22.1. The summed E-state index contributed by atoms with van der Waals surface area (Å²) in [6, 6.07) is 1.96. The van der Waals surface area contributed by atoms with E-state index in [1.807, 2.05) is 30.1 Å². The van der Waals surface area contributed by atoms with Crippen LogP contribution in [0, 0.1) is 6.92 Å². The largest absolute Gasteiger partial charge is 0.293 e. The number of ketones is 1. The molecule has 0 spiro atoms. The Labute approximate surface area is 86.5 Å². The molecule has 0 N–H and O–H groups in total. The predicted octanol–water partition coefficient (Wildman–Crippen LogP) is 3.13. The minimum absolute atomic E-state index is 0.244. The molecule has 1 aromatic heterocycles. The first-order chi connectivity index (χ1) is 6.29. The van der Waals surface area contributed by atoms with Crippen molar-refractivity contribution in [1.82, 2.24) is 0 Å². The van der Waals surface area contributed by atoms with E-state index in [1.165, 1.54) is 6.42 Å². The Bertz CT molecular complexity index is 310. The van der Waals surface area contributed by atoms with Gasteiger partial charge >= 0.3 is 0 Å². The van der Waals surface area contributed by atoms with Gasteiger partial charge in [0.1, 0.15) is 0 Å². The first kappa shape index (κ1) is 9.28. The van der Waals surface area contributed by atoms with Gasteiger partial charge in [0.2, 0.25) is 0 Å². The van der Waals surface area contributed by atoms with Crippen molar-refractivity contribution in [3.8, 4) is 0 Å². The molecule has 13 heavy (non-hydrogen) atoms. The number of hydrogen-bond donors (Lipinski definition) is 0. The van der Waals surface area contributed by atoms with Crippen LogP contribution in [0.25, 0.3) is 0 Å². The van der Waals surface area contributed by atoms with Gasteiger partial charge in [-0.15, -0.1) is 11.3 Å². The highest BCUT2D eigenvalue weighted by Gasteiger charge is 2.25. The molecule has 1 saturated heterocycles. The Hall–Kier alpha value is -0.280. The molecular formula is C10H12OS2. The monoisotopic (exact) mass is 212 g/mol. The summed E-state index contributed by atoms with van der Waals surface area (Å²) in [6.45, 7) is 2.03. The molecule has 1 fully saturated rings. The van der Waals surface area contributed by atoms with Gasteiger partial charge in [-0.1, -0.05) is 0 Å². The van der Waals surface area contributed by atoms with E-state index in [1.54, 1.807) is 11.3 Å². The molecule has 1 nitrogen and oxygen atoms in total. The van der Waals surface area contributed by atoms with Gasteiger partial charge in [0.15, 0.2) is 5.78 Å². The quantitative estimate of drug-likeness (QED) is 0.701. The summed E-state index contributed by atoms with van der Waals surface area (Å²) < 4.78 is 0. The molecule has 0 radical (unpaired) electrons. The number of aryl methyl sites for hydroxylation is 1. The Morgan fingerprint density at radius 1 is 1.62 bits per heavy atom. The van der Waals surface area contributed by atoms with Crippen molar-refractivity contribution < 1.29 is 4.79 Å². The highest BCUT2D eigenvalue weighted by atomic mass is 32.2. The fourth-order valence-electron chi connectivity index (χ4n) is 1.60. The van der Waals surface area contributed by atoms with Crippen LogP contribution in [0.5, 0.6) is 0 Å². The zero-order valence-electron chi connectivity index (χ0n) is 7.58. The molecule has 2 heterocycles. The molecule has 1 unspecified atom stereocenters. The summed E-state index contributed by atoms with van der Waals surface area (Å²) >= 11 is 3.47. The fraction of sp³-hybridized carbons (Fsp3) is 0.500. The highest BCUT2D eigenvalue weighted by Crippen LogP contribution is 2.30. The van der Waals surface area contributed by atoms with Crippen molar-refractivity contribution in [2.24, 2.45) is 0 Å². The molecule has 0 saturated carbocycles. The second-order valence-electron chi connectivity index (χ2n) is 3.26. The summed E-state index contributed by atoms with van der Waals surface area (Å²) in [6.07, 6.45) is 2.27. The van der Waals surface area contributed by atoms with E-state index in [2.05, 4.69) is 0 Å². The maximum Gasteiger partial charge on any atom is 0.176 e. The molecular weight excluding hydrogens is 200 g/mol. The molecule has 0 amide bonds. The lowest BCUT2D eigenvalue weighted by molar-refractivity contribution is 0.0988. The van der Waals surface area contributed by atoms with Gasteiger partial charge in [-0.25, -0.2) is 0 Å². The number of thioether (sulfide) groups is 1. The van der Waals surface area contributed by atoms with Crippen LogP contribution in [0.1, 0.15) is 28.1 Å². The summed E-state index contributed by atoms with van der Waals surface area (Å²) in [5.41, 5.74) is 0.949. The van der Waals surface area contributed by atoms with Gasteiger partial charge in [0.25, 0.3) is 0 Å². The van der Waals surface area contributed by atoms with Gasteiger partial charge in [-0.2, -0.15) is 11.8 Å². The van der Waals surface area contributed by atoms with Crippen LogP contribution in [0.4, 0.5) is 0 Å². The Morgan fingerprint density at radius 2 is 2.46 bits per heavy atom. The maximum absolute atomic E-state index is 11.9. The molecule has 1 aromatic rings. The van der Waals surface area contributed by atoms with E-state index in [-0.39, 0.29) is 5.25 Å². The van der Waals surface area contributed by atoms with Gasteiger partial charge in [-0.3, -0.25) is 4.79 Å². The fourth-order valence-corrected chi connectivity index (χ4v) is 3.53. The Morgan fingerprint density at radius 3 is 3.00 bits per heavy atom. The molecule has 70 valence electrons. The number of rotatable bonds is 2. The number of carbonyl (C=O) groups is 1. The third-order valence-corrected chi connectivity index (χ3v) is 4.57. The molecule has 1 aliphatic heterocycles. The minimum atomic E-state index is 0.244. The van der Waals surface area contributed by atoms with Crippen molar-refractivity contribution in [2.45, 2.75) is 25.0 Å². The summed E-state index contributed by atoms with van der Waals surface area (Å²) in [5, 5.41) is 2.25. The third-order valence-electron chi connectivity index (χ3n) is 2.35. The average molecular weight is 212 g/mol. The van der Waals surface area contributed by atoms with Gasteiger partial charge in [-0.05, 0) is 37.0 Å². The van der Waals surface area contributed by atoms with Crippen LogP contribution in [-0.4, -0.2) is 16.8 Å². The topological polar surface area (TPSA) is 17.1 Å². The van der Waals surface area contributed by atoms with Crippen molar-refractivity contribution in [1.29, 1.82) is 0 Å². The molecule has 1 aliphatic rings. The molecule has 0 bridgehead atoms. The lowest BCUT2D eigenvalue weighted by Crippen LogP contribution is -2.13. The Kier molecular flexibility index (Phi) is 2.74. The van der Waals surface area contributed by atoms with E-state index >= 15 is 0 Å². The van der Waals surface area contributed by atoms with Crippen LogP contribution in [0.15, 0.2) is 11.4 Å². The maximum atomic E-state index is 11.9. The van der Waals surface area contributed by atoms with Crippen LogP contribution >= 0.6 is 23.1 Å². The lowest BCUT2D eigenvalue weighted by atomic mass is 10.1. The second kappa shape index (κ2) is 3.84. The van der Waals surface area contributed by atoms with Crippen LogP contribution in [0.3, 0.4) is 0 Å². The van der Waals surface area contributed by atoms with E-state index < -0.39 is 0 Å². The van der Waals surface area contributed by atoms with Crippen LogP contribution in [-0.2, 0) is 0 Å². The average Bonchev–Trinajstić information content (AvgIpc) is 2.72. The first-order valence-corrected chi connectivity index (χ1v) is 6.42. The number of Topliss-reactive ketones (excluding diaryl/α,β-unsaturated/α-hetero) is 1. The number of carbonyl (C=O) groups excluding carboxylic acids is 1. The summed E-state index contributed by atoms with van der Waals surface area (Å²) in [7, 11) is 0. The van der Waals surface area contributed by atoms with Crippen molar-refractivity contribution in [3.05, 3.63) is 21.9 Å². The van der Waals surface area contributed by atoms with E-state index in [9.17, 15) is 4.79 Å². The third kappa shape index (κ3) is 1.81. The van der Waals surface area contributed by atoms with Gasteiger partial charge < -0.3 is 0 Å². The number of hydrogen-bond acceptors (Lipinski definition) is 3. The van der Waals surface area contributed by atoms with Crippen molar-refractivity contribution >= 4 is 28.9 Å². The van der Waals surface area contributed by atoms with Gasteiger partial charge in [0, 0.05) is 10.4 Å². The lowest BCUT2D eigenvalue weighted by Gasteiger charge is -2.05. The Balaban J connectivity index is 2.17. The standard InChI is InChI=1S/C10H12OS2/c1-7-8(4-6-12-7)10(11)9-3-2-5-13-9/h4,6,9H,2-3,5H2,1H3. The molecule has 3 heteroatoms. The predicted molar refractivity (Wildman–Crippen MR) is 58.9 cm³/mol. The van der Waals surface area contributed by atoms with Gasteiger partial charge in [0.05, 0.1) is 5.25 Å². The van der Waals surface area contributed by atoms with Crippen LogP contribution in [0.2, 0.25) is 0 Å². The molecule has 2 rings (SSSR count). The van der Waals surface area contributed by atoms with E-state index in [0.29, 0.717) is 5.78 Å². The number of thiophene rings is 1. The van der Waals surface area contributed by atoms with E-state index in [4.69, 9.17) is 0 Å². The highest BCUT2D eigenvalue weighted by molar-refractivity contribution is 8.00. The van der Waals surface area contributed by atoms with Crippen molar-refractivity contribution in [3.63, 3.8) is 0 Å². The first-order valence-electron chi connectivity index (χ1n) is 4.49.